The van der Waals surface area contributed by atoms with E-state index in [4.69, 9.17) is 5.73 Å². The van der Waals surface area contributed by atoms with Gasteiger partial charge in [-0.05, 0) is 18.6 Å². The number of imidazole rings is 1. The maximum Gasteiger partial charge on any atom is 0.328 e. The van der Waals surface area contributed by atoms with Crippen molar-refractivity contribution in [3.8, 4) is 0 Å². The summed E-state index contributed by atoms with van der Waals surface area (Å²) in [6.45, 7) is 2.73. The maximum atomic E-state index is 11.9. The van der Waals surface area contributed by atoms with Gasteiger partial charge in [0.2, 0.25) is 5.95 Å². The van der Waals surface area contributed by atoms with Crippen LogP contribution in [0.25, 0.3) is 11.0 Å². The van der Waals surface area contributed by atoms with Gasteiger partial charge in [-0.25, -0.2) is 14.3 Å². The number of carbonyl (C=O) groups excluding carboxylic acids is 1. The second kappa shape index (κ2) is 6.26. The Labute approximate surface area is 112 Å². The quantitative estimate of drug-likeness (QED) is 0.840. The third-order valence-electron chi connectivity index (χ3n) is 2.60. The van der Waals surface area contributed by atoms with Crippen molar-refractivity contribution in [2.24, 2.45) is 0 Å². The number of halogens is 1. The number of benzene rings is 1. The van der Waals surface area contributed by atoms with Crippen LogP contribution in [0.1, 0.15) is 19.8 Å². The Hall–Kier alpha value is -1.75. The molecule has 0 aliphatic carbocycles. The van der Waals surface area contributed by atoms with Crippen LogP contribution < -0.4 is 11.1 Å². The minimum absolute atomic E-state index is 0. The number of carbonyl (C=O) groups is 1. The molecule has 0 saturated heterocycles. The fourth-order valence-electron chi connectivity index (χ4n) is 1.71. The molecule has 1 amide bonds. The number of nitrogens with zero attached hydrogens (tertiary/aromatic N) is 2. The number of nitrogen functional groups attached to an aromatic ring is 1. The molecule has 0 radical (unpaired) electrons. The van der Waals surface area contributed by atoms with Gasteiger partial charge in [-0.15, -0.1) is 12.4 Å². The molecule has 0 spiro atoms. The topological polar surface area (TPSA) is 72.9 Å². The molecule has 0 fully saturated rings. The van der Waals surface area contributed by atoms with Crippen molar-refractivity contribution in [1.82, 2.24) is 14.9 Å². The van der Waals surface area contributed by atoms with E-state index < -0.39 is 0 Å². The molecule has 98 valence electrons. The van der Waals surface area contributed by atoms with Crippen LogP contribution in [-0.4, -0.2) is 22.1 Å². The zero-order valence-electron chi connectivity index (χ0n) is 10.2. The first-order valence-corrected chi connectivity index (χ1v) is 5.75. The minimum atomic E-state index is -0.218. The van der Waals surface area contributed by atoms with E-state index in [9.17, 15) is 4.79 Å². The van der Waals surface area contributed by atoms with E-state index in [2.05, 4.69) is 17.2 Å². The Morgan fingerprint density at radius 2 is 2.17 bits per heavy atom. The monoisotopic (exact) mass is 268 g/mol. The van der Waals surface area contributed by atoms with E-state index in [-0.39, 0.29) is 24.4 Å². The number of unbranched alkanes of at least 4 members (excludes halogenated alkanes) is 1. The Bertz CT molecular complexity index is 538. The molecule has 0 saturated carbocycles. The summed E-state index contributed by atoms with van der Waals surface area (Å²) in [5.74, 6) is 0.222. The molecule has 18 heavy (non-hydrogen) atoms. The lowest BCUT2D eigenvalue weighted by Gasteiger charge is -2.06. The van der Waals surface area contributed by atoms with E-state index in [1.165, 1.54) is 4.57 Å². The molecule has 2 rings (SSSR count). The first kappa shape index (κ1) is 14.3. The van der Waals surface area contributed by atoms with Crippen LogP contribution in [0.3, 0.4) is 0 Å². The van der Waals surface area contributed by atoms with E-state index in [1.54, 1.807) is 0 Å². The number of hydrogen-bond acceptors (Lipinski definition) is 3. The van der Waals surface area contributed by atoms with Crippen LogP contribution in [0, 0.1) is 0 Å². The van der Waals surface area contributed by atoms with Crippen LogP contribution in [-0.2, 0) is 0 Å². The van der Waals surface area contributed by atoms with Crippen LogP contribution >= 0.6 is 12.4 Å². The van der Waals surface area contributed by atoms with E-state index in [1.807, 2.05) is 24.3 Å². The number of hydrogen-bond donors (Lipinski definition) is 2. The summed E-state index contributed by atoms with van der Waals surface area (Å²) in [6.07, 6.45) is 2.00. The van der Waals surface area contributed by atoms with Crippen molar-refractivity contribution < 1.29 is 4.79 Å². The molecule has 0 atom stereocenters. The van der Waals surface area contributed by atoms with Crippen LogP contribution in [0.15, 0.2) is 24.3 Å². The van der Waals surface area contributed by atoms with Gasteiger partial charge in [-0.3, -0.25) is 0 Å². The van der Waals surface area contributed by atoms with Crippen molar-refractivity contribution in [1.29, 1.82) is 0 Å². The zero-order valence-corrected chi connectivity index (χ0v) is 11.0. The van der Waals surface area contributed by atoms with Crippen LogP contribution in [0.2, 0.25) is 0 Å². The molecule has 0 bridgehead atoms. The molecule has 6 heteroatoms. The fraction of sp³-hybridized carbons (Fsp3) is 0.333. The van der Waals surface area contributed by atoms with Gasteiger partial charge in [-0.2, -0.15) is 0 Å². The van der Waals surface area contributed by atoms with Gasteiger partial charge in [0.25, 0.3) is 0 Å². The first-order chi connectivity index (χ1) is 8.24. The number of amides is 1. The average molecular weight is 269 g/mol. The van der Waals surface area contributed by atoms with Crippen LogP contribution in [0.4, 0.5) is 10.7 Å². The highest BCUT2D eigenvalue weighted by atomic mass is 35.5. The summed E-state index contributed by atoms with van der Waals surface area (Å²) in [5.41, 5.74) is 7.22. The molecular weight excluding hydrogens is 252 g/mol. The molecule has 0 unspecified atom stereocenters. The second-order valence-electron chi connectivity index (χ2n) is 3.88. The Balaban J connectivity index is 0.00000162. The normalized spacial score (nSPS) is 10.1. The fourth-order valence-corrected chi connectivity index (χ4v) is 1.71. The van der Waals surface area contributed by atoms with Crippen molar-refractivity contribution >= 4 is 35.4 Å². The number of nitrogens with one attached hydrogen (secondary N) is 1. The number of aromatic nitrogens is 2. The van der Waals surface area contributed by atoms with Crippen molar-refractivity contribution in [2.45, 2.75) is 19.8 Å². The van der Waals surface area contributed by atoms with Crippen molar-refractivity contribution in [3.05, 3.63) is 24.3 Å². The first-order valence-electron chi connectivity index (χ1n) is 5.75. The Morgan fingerprint density at radius 1 is 1.44 bits per heavy atom. The SMILES string of the molecule is CCCCNC(=O)n1c(N)nc2ccccc21.Cl. The summed E-state index contributed by atoms with van der Waals surface area (Å²) in [4.78, 5) is 16.1. The smallest absolute Gasteiger partial charge is 0.328 e. The van der Waals surface area contributed by atoms with Gasteiger partial charge >= 0.3 is 6.03 Å². The van der Waals surface area contributed by atoms with E-state index >= 15 is 0 Å². The number of anilines is 1. The number of para-hydroxylation sites is 2. The van der Waals surface area contributed by atoms with Crippen molar-refractivity contribution in [3.63, 3.8) is 0 Å². The molecule has 1 aromatic heterocycles. The van der Waals surface area contributed by atoms with Crippen molar-refractivity contribution in [2.75, 3.05) is 12.3 Å². The molecule has 1 aromatic carbocycles. The molecular formula is C12H17ClN4O. The minimum Gasteiger partial charge on any atom is -0.369 e. The molecule has 3 N–H and O–H groups in total. The molecule has 0 aliphatic heterocycles. The molecule has 1 heterocycles. The number of nitrogens with two attached hydrogens (primary N) is 1. The van der Waals surface area contributed by atoms with E-state index in [0.717, 1.165) is 23.9 Å². The lowest BCUT2D eigenvalue weighted by molar-refractivity contribution is 0.243. The van der Waals surface area contributed by atoms with Gasteiger partial charge in [-0.1, -0.05) is 25.5 Å². The predicted molar refractivity (Wildman–Crippen MR) is 75.1 cm³/mol. The summed E-state index contributed by atoms with van der Waals surface area (Å²) in [5, 5.41) is 2.82. The summed E-state index contributed by atoms with van der Waals surface area (Å²) in [7, 11) is 0. The number of fused-ring (bicyclic) bond motifs is 1. The summed E-state index contributed by atoms with van der Waals surface area (Å²) < 4.78 is 1.41. The maximum absolute atomic E-state index is 11.9. The van der Waals surface area contributed by atoms with E-state index in [0.29, 0.717) is 6.54 Å². The van der Waals surface area contributed by atoms with Gasteiger partial charge in [0, 0.05) is 6.54 Å². The molecule has 0 aliphatic rings. The standard InChI is InChI=1S/C12H16N4O.ClH/c1-2-3-8-14-12(17)16-10-7-5-4-6-9(10)15-11(16)13;/h4-7H,2-3,8H2,1H3,(H2,13,15)(H,14,17);1H. The molecule has 2 aromatic rings. The summed E-state index contributed by atoms with van der Waals surface area (Å²) in [6, 6.07) is 7.18. The zero-order chi connectivity index (χ0) is 12.3. The third-order valence-corrected chi connectivity index (χ3v) is 2.60. The lowest BCUT2D eigenvalue weighted by Crippen LogP contribution is -2.30. The largest absolute Gasteiger partial charge is 0.369 e. The van der Waals surface area contributed by atoms with Gasteiger partial charge in [0.1, 0.15) is 0 Å². The lowest BCUT2D eigenvalue weighted by atomic mass is 10.3. The highest BCUT2D eigenvalue weighted by Gasteiger charge is 2.13. The second-order valence-corrected chi connectivity index (χ2v) is 3.88. The summed E-state index contributed by atoms with van der Waals surface area (Å²) >= 11 is 0. The highest BCUT2D eigenvalue weighted by molar-refractivity contribution is 5.92. The van der Waals surface area contributed by atoms with Gasteiger partial charge < -0.3 is 11.1 Å². The van der Waals surface area contributed by atoms with Gasteiger partial charge in [0.05, 0.1) is 11.0 Å². The molecule has 5 nitrogen and oxygen atoms in total. The Kier molecular flexibility index (Phi) is 4.97. The Morgan fingerprint density at radius 3 is 2.89 bits per heavy atom. The van der Waals surface area contributed by atoms with Gasteiger partial charge in [0.15, 0.2) is 0 Å². The third kappa shape index (κ3) is 2.73. The van der Waals surface area contributed by atoms with Crippen LogP contribution in [0.5, 0.6) is 0 Å². The highest BCUT2D eigenvalue weighted by Crippen LogP contribution is 2.16. The average Bonchev–Trinajstić information content (AvgIpc) is 2.65. The number of rotatable bonds is 3. The predicted octanol–water partition coefficient (Wildman–Crippen LogP) is 2.40.